The van der Waals surface area contributed by atoms with Gasteiger partial charge in [0.2, 0.25) is 0 Å². The molecule has 1 atom stereocenters. The molecule has 0 saturated carbocycles. The summed E-state index contributed by atoms with van der Waals surface area (Å²) in [5.41, 5.74) is 6.51. The molecule has 1 N–H and O–H groups in total. The summed E-state index contributed by atoms with van der Waals surface area (Å²) in [6.45, 7) is 4.76. The number of thiophene rings is 1. The summed E-state index contributed by atoms with van der Waals surface area (Å²) in [4.78, 5) is 3.42. The average molecular weight is 408 g/mol. The van der Waals surface area contributed by atoms with Gasteiger partial charge in [0.15, 0.2) is 0 Å². The fourth-order valence-electron chi connectivity index (χ4n) is 3.38. The SMILES string of the molecule is CCOc1ccccc1N1C=C(NN=Cc2ccccc2F)c2ccsc2C1C. The van der Waals surface area contributed by atoms with E-state index in [-0.39, 0.29) is 11.9 Å². The van der Waals surface area contributed by atoms with Gasteiger partial charge in [-0.05, 0) is 43.5 Å². The highest BCUT2D eigenvalue weighted by Gasteiger charge is 2.27. The third kappa shape index (κ3) is 3.89. The number of nitrogens with one attached hydrogen (secondary N) is 1. The first-order valence-electron chi connectivity index (χ1n) is 9.52. The quantitative estimate of drug-likeness (QED) is 0.415. The van der Waals surface area contributed by atoms with Crippen LogP contribution in [0.4, 0.5) is 10.1 Å². The van der Waals surface area contributed by atoms with Gasteiger partial charge in [0.05, 0.1) is 30.2 Å². The van der Waals surface area contributed by atoms with Crippen LogP contribution in [0.1, 0.15) is 35.9 Å². The van der Waals surface area contributed by atoms with Crippen molar-refractivity contribution in [3.8, 4) is 5.75 Å². The Bertz CT molecular complexity index is 1060. The Morgan fingerprint density at radius 1 is 1.17 bits per heavy atom. The molecule has 4 nitrogen and oxygen atoms in total. The molecular formula is C23H22FN3OS. The normalized spacial score (nSPS) is 15.9. The summed E-state index contributed by atoms with van der Waals surface area (Å²) in [7, 11) is 0. The topological polar surface area (TPSA) is 36.9 Å². The van der Waals surface area contributed by atoms with Gasteiger partial charge in [0.25, 0.3) is 0 Å². The van der Waals surface area contributed by atoms with E-state index in [0.29, 0.717) is 12.2 Å². The van der Waals surface area contributed by atoms with Crippen LogP contribution in [0.3, 0.4) is 0 Å². The summed E-state index contributed by atoms with van der Waals surface area (Å²) >= 11 is 1.71. The fourth-order valence-corrected chi connectivity index (χ4v) is 4.35. The van der Waals surface area contributed by atoms with E-state index in [2.05, 4.69) is 39.9 Å². The molecule has 1 aliphatic rings. The van der Waals surface area contributed by atoms with Crippen LogP contribution in [-0.4, -0.2) is 12.8 Å². The highest BCUT2D eigenvalue weighted by Crippen LogP contribution is 2.42. The van der Waals surface area contributed by atoms with Crippen molar-refractivity contribution >= 4 is 28.9 Å². The minimum atomic E-state index is -0.298. The van der Waals surface area contributed by atoms with Gasteiger partial charge in [-0.1, -0.05) is 30.3 Å². The van der Waals surface area contributed by atoms with Crippen LogP contribution < -0.4 is 15.1 Å². The highest BCUT2D eigenvalue weighted by molar-refractivity contribution is 7.10. The first kappa shape index (κ1) is 19.2. The van der Waals surface area contributed by atoms with Gasteiger partial charge in [-0.15, -0.1) is 11.3 Å². The van der Waals surface area contributed by atoms with E-state index in [9.17, 15) is 4.39 Å². The van der Waals surface area contributed by atoms with Crippen LogP contribution >= 0.6 is 11.3 Å². The van der Waals surface area contributed by atoms with Crippen molar-refractivity contribution in [2.45, 2.75) is 19.9 Å². The minimum Gasteiger partial charge on any atom is -0.492 e. The molecule has 2 heterocycles. The largest absolute Gasteiger partial charge is 0.492 e. The maximum absolute atomic E-state index is 13.8. The summed E-state index contributed by atoms with van der Waals surface area (Å²) < 4.78 is 19.7. The zero-order valence-electron chi connectivity index (χ0n) is 16.3. The predicted octanol–water partition coefficient (Wildman–Crippen LogP) is 5.79. The van der Waals surface area contributed by atoms with E-state index in [4.69, 9.17) is 4.74 Å². The van der Waals surface area contributed by atoms with E-state index in [1.54, 1.807) is 29.5 Å². The Morgan fingerprint density at radius 2 is 1.97 bits per heavy atom. The minimum absolute atomic E-state index is 0.160. The molecule has 0 bridgehead atoms. The zero-order chi connectivity index (χ0) is 20.2. The third-order valence-electron chi connectivity index (χ3n) is 4.79. The van der Waals surface area contributed by atoms with Gasteiger partial charge in [-0.25, -0.2) is 4.39 Å². The molecule has 148 valence electrons. The van der Waals surface area contributed by atoms with E-state index in [1.165, 1.54) is 17.2 Å². The monoisotopic (exact) mass is 407 g/mol. The van der Waals surface area contributed by atoms with Crippen molar-refractivity contribution in [3.05, 3.63) is 88.0 Å². The molecule has 0 radical (unpaired) electrons. The van der Waals surface area contributed by atoms with Gasteiger partial charge in [0.1, 0.15) is 11.6 Å². The number of halogens is 1. The molecule has 0 aliphatic carbocycles. The van der Waals surface area contributed by atoms with E-state index >= 15 is 0 Å². The summed E-state index contributed by atoms with van der Waals surface area (Å²) in [6, 6.07) is 16.8. The lowest BCUT2D eigenvalue weighted by Gasteiger charge is -2.33. The number of anilines is 1. The third-order valence-corrected chi connectivity index (χ3v) is 5.87. The Kier molecular flexibility index (Phi) is 5.62. The molecule has 2 aromatic carbocycles. The second-order valence-corrected chi connectivity index (χ2v) is 7.56. The number of hydrogen-bond acceptors (Lipinski definition) is 5. The molecule has 29 heavy (non-hydrogen) atoms. The van der Waals surface area contributed by atoms with Gasteiger partial charge in [0, 0.05) is 22.2 Å². The van der Waals surface area contributed by atoms with Gasteiger partial charge >= 0.3 is 0 Å². The van der Waals surface area contributed by atoms with Crippen LogP contribution in [0.25, 0.3) is 5.70 Å². The number of benzene rings is 2. The molecule has 1 aromatic heterocycles. The number of ether oxygens (including phenoxy) is 1. The van der Waals surface area contributed by atoms with Crippen molar-refractivity contribution in [3.63, 3.8) is 0 Å². The zero-order valence-corrected chi connectivity index (χ0v) is 17.1. The smallest absolute Gasteiger partial charge is 0.142 e. The van der Waals surface area contributed by atoms with Crippen molar-refractivity contribution in [1.29, 1.82) is 0 Å². The Balaban J connectivity index is 1.67. The van der Waals surface area contributed by atoms with Crippen molar-refractivity contribution in [1.82, 2.24) is 5.43 Å². The summed E-state index contributed by atoms with van der Waals surface area (Å²) in [6.07, 6.45) is 3.54. The predicted molar refractivity (Wildman–Crippen MR) is 118 cm³/mol. The second kappa shape index (κ2) is 8.49. The number of fused-ring (bicyclic) bond motifs is 1. The maximum atomic E-state index is 13.8. The molecule has 1 unspecified atom stereocenters. The molecular weight excluding hydrogens is 385 g/mol. The molecule has 4 rings (SSSR count). The lowest BCUT2D eigenvalue weighted by atomic mass is 10.0. The standard InChI is InChI=1S/C23H22FN3OS/c1-3-28-22-11-7-6-10-21(22)27-15-20(18-12-13-29-23(18)16(27)2)26-25-14-17-8-4-5-9-19(17)24/h4-16,26H,3H2,1-2H3. The maximum Gasteiger partial charge on any atom is 0.142 e. The van der Waals surface area contributed by atoms with E-state index < -0.39 is 0 Å². The fraction of sp³-hybridized carbons (Fsp3) is 0.174. The van der Waals surface area contributed by atoms with Crippen molar-refractivity contribution < 1.29 is 9.13 Å². The molecule has 1 aliphatic heterocycles. The molecule has 0 spiro atoms. The van der Waals surface area contributed by atoms with E-state index in [1.807, 2.05) is 31.3 Å². The lowest BCUT2D eigenvalue weighted by molar-refractivity contribution is 0.340. The first-order valence-corrected chi connectivity index (χ1v) is 10.4. The lowest BCUT2D eigenvalue weighted by Crippen LogP contribution is -2.27. The van der Waals surface area contributed by atoms with E-state index in [0.717, 1.165) is 22.7 Å². The van der Waals surface area contributed by atoms with Crippen LogP contribution in [0.2, 0.25) is 0 Å². The Morgan fingerprint density at radius 3 is 2.79 bits per heavy atom. The number of rotatable bonds is 6. The summed E-state index contributed by atoms with van der Waals surface area (Å²) in [5.74, 6) is 0.542. The first-order chi connectivity index (χ1) is 14.2. The van der Waals surface area contributed by atoms with Crippen molar-refractivity contribution in [2.75, 3.05) is 11.5 Å². The Hall–Kier alpha value is -3.12. The van der Waals surface area contributed by atoms with Gasteiger partial charge in [-0.2, -0.15) is 5.10 Å². The average Bonchev–Trinajstić information content (AvgIpc) is 3.23. The second-order valence-electron chi connectivity index (χ2n) is 6.62. The highest BCUT2D eigenvalue weighted by atomic mass is 32.1. The van der Waals surface area contributed by atoms with Gasteiger partial charge in [-0.3, -0.25) is 5.43 Å². The van der Waals surface area contributed by atoms with Crippen LogP contribution in [0.15, 0.2) is 71.3 Å². The Labute approximate surface area is 173 Å². The number of nitrogens with zero attached hydrogens (tertiary/aromatic N) is 2. The van der Waals surface area contributed by atoms with Gasteiger partial charge < -0.3 is 9.64 Å². The molecule has 0 fully saturated rings. The number of hydrogen-bond donors (Lipinski definition) is 1. The number of para-hydroxylation sites is 2. The van der Waals surface area contributed by atoms with Crippen LogP contribution in [0.5, 0.6) is 5.75 Å². The number of hydrazone groups is 1. The molecule has 3 aromatic rings. The van der Waals surface area contributed by atoms with Crippen LogP contribution in [0, 0.1) is 5.82 Å². The summed E-state index contributed by atoms with van der Waals surface area (Å²) in [5, 5.41) is 6.36. The van der Waals surface area contributed by atoms with Crippen LogP contribution in [-0.2, 0) is 0 Å². The molecule has 6 heteroatoms. The molecule has 0 saturated heterocycles. The van der Waals surface area contributed by atoms with Crippen molar-refractivity contribution in [2.24, 2.45) is 5.10 Å². The molecule has 0 amide bonds.